The van der Waals surface area contributed by atoms with E-state index in [1.165, 1.54) is 32.1 Å². The number of rotatable bonds is 11. The molecule has 46 heavy (non-hydrogen) atoms. The zero-order valence-corrected chi connectivity index (χ0v) is 26.8. The third kappa shape index (κ3) is 9.62. The van der Waals surface area contributed by atoms with Crippen molar-refractivity contribution < 1.29 is 28.9 Å². The third-order valence-electron chi connectivity index (χ3n) is 8.67. The first-order chi connectivity index (χ1) is 22.5. The molecule has 2 aliphatic rings. The second-order valence-corrected chi connectivity index (χ2v) is 12.0. The van der Waals surface area contributed by atoms with Gasteiger partial charge in [0.15, 0.2) is 6.29 Å². The highest BCUT2D eigenvalue weighted by atomic mass is 16.7. The average molecular weight is 630 g/mol. The molecule has 0 aliphatic carbocycles. The topological polar surface area (TPSA) is 109 Å². The predicted molar refractivity (Wildman–Crippen MR) is 177 cm³/mol. The Kier molecular flexibility index (Phi) is 12.6. The normalized spacial score (nSPS) is 20.7. The van der Waals surface area contributed by atoms with E-state index in [1.54, 1.807) is 6.92 Å². The number of benzene rings is 3. The molecule has 9 nitrogen and oxygen atoms in total. The maximum Gasteiger partial charge on any atom is 0.325 e. The molecule has 3 unspecified atom stereocenters. The van der Waals surface area contributed by atoms with Crippen molar-refractivity contribution in [1.82, 2.24) is 15.5 Å². The van der Waals surface area contributed by atoms with Crippen LogP contribution in [0.4, 0.5) is 4.79 Å². The van der Waals surface area contributed by atoms with Gasteiger partial charge in [0, 0.05) is 25.1 Å². The van der Waals surface area contributed by atoms with Crippen LogP contribution in [-0.2, 0) is 32.2 Å². The molecule has 2 aliphatic heterocycles. The van der Waals surface area contributed by atoms with Crippen molar-refractivity contribution in [1.29, 1.82) is 0 Å². The molecular formula is C37H47N3O6. The van der Waals surface area contributed by atoms with Crippen molar-refractivity contribution in [3.8, 4) is 11.1 Å². The lowest BCUT2D eigenvalue weighted by Crippen LogP contribution is -2.40. The number of urea groups is 1. The van der Waals surface area contributed by atoms with Crippen molar-refractivity contribution in [2.75, 3.05) is 32.8 Å². The van der Waals surface area contributed by atoms with Gasteiger partial charge < -0.3 is 34.9 Å². The van der Waals surface area contributed by atoms with Crippen LogP contribution in [0.3, 0.4) is 0 Å². The molecule has 2 fully saturated rings. The number of carbonyl (C=O) groups is 2. The monoisotopic (exact) mass is 629 g/mol. The Hall–Kier alpha value is -3.76. The fourth-order valence-electron chi connectivity index (χ4n) is 6.19. The number of aliphatic hydroxyl groups excluding tert-OH is 1. The van der Waals surface area contributed by atoms with E-state index in [2.05, 4.69) is 51.9 Å². The van der Waals surface area contributed by atoms with Gasteiger partial charge in [0.2, 0.25) is 0 Å². The average Bonchev–Trinajstić information content (AvgIpc) is 3.08. The molecule has 3 atom stereocenters. The van der Waals surface area contributed by atoms with Gasteiger partial charge in [-0.3, -0.25) is 4.79 Å². The minimum Gasteiger partial charge on any atom is -0.465 e. The molecule has 0 saturated carbocycles. The number of carbonyl (C=O) groups excluding carboxylic acids is 2. The first kappa shape index (κ1) is 33.6. The van der Waals surface area contributed by atoms with E-state index >= 15 is 0 Å². The zero-order chi connectivity index (χ0) is 32.1. The van der Waals surface area contributed by atoms with Gasteiger partial charge in [-0.05, 0) is 60.7 Å². The summed E-state index contributed by atoms with van der Waals surface area (Å²) in [6.45, 7) is 5.24. The lowest BCUT2D eigenvalue weighted by molar-refractivity contribution is -0.253. The van der Waals surface area contributed by atoms with Gasteiger partial charge in [-0.1, -0.05) is 92.1 Å². The number of nitrogens with zero attached hydrogens (tertiary/aromatic N) is 1. The molecule has 3 aromatic rings. The van der Waals surface area contributed by atoms with Crippen LogP contribution in [0.5, 0.6) is 0 Å². The molecule has 0 bridgehead atoms. The highest BCUT2D eigenvalue weighted by molar-refractivity contribution is 5.81. The molecule has 5 rings (SSSR count). The Morgan fingerprint density at radius 1 is 0.870 bits per heavy atom. The Labute approximate surface area is 272 Å². The van der Waals surface area contributed by atoms with Crippen LogP contribution >= 0.6 is 0 Å². The fourth-order valence-corrected chi connectivity index (χ4v) is 6.19. The van der Waals surface area contributed by atoms with Crippen molar-refractivity contribution in [2.45, 2.75) is 77.1 Å². The van der Waals surface area contributed by atoms with Crippen LogP contribution in [0.15, 0.2) is 72.8 Å². The molecule has 3 aromatic carbocycles. The summed E-state index contributed by atoms with van der Waals surface area (Å²) in [6, 6.07) is 23.8. The van der Waals surface area contributed by atoms with Crippen LogP contribution in [0, 0.1) is 0 Å². The quantitative estimate of drug-likeness (QED) is 0.223. The maximum absolute atomic E-state index is 12.3. The molecule has 2 heterocycles. The SMILES string of the molecule is CCOC(=O)CNC(=O)NCc1ccccc1-c1ccc(C2OC(CN3CCCCCCC3)CC(c3ccc(CO)cc3)O2)cc1. The second kappa shape index (κ2) is 17.2. The van der Waals surface area contributed by atoms with Gasteiger partial charge in [0.25, 0.3) is 0 Å². The molecule has 246 valence electrons. The summed E-state index contributed by atoms with van der Waals surface area (Å²) in [7, 11) is 0. The molecule has 9 heteroatoms. The lowest BCUT2D eigenvalue weighted by Gasteiger charge is -2.39. The van der Waals surface area contributed by atoms with Gasteiger partial charge in [-0.15, -0.1) is 0 Å². The van der Waals surface area contributed by atoms with Crippen molar-refractivity contribution in [2.24, 2.45) is 0 Å². The highest BCUT2D eigenvalue weighted by Gasteiger charge is 2.33. The minimum absolute atomic E-state index is 0.0172. The Morgan fingerprint density at radius 2 is 1.57 bits per heavy atom. The molecule has 0 spiro atoms. The lowest BCUT2D eigenvalue weighted by atomic mass is 9.97. The largest absolute Gasteiger partial charge is 0.465 e. The summed E-state index contributed by atoms with van der Waals surface area (Å²) >= 11 is 0. The summed E-state index contributed by atoms with van der Waals surface area (Å²) in [4.78, 5) is 26.4. The third-order valence-corrected chi connectivity index (χ3v) is 8.67. The van der Waals surface area contributed by atoms with E-state index in [9.17, 15) is 14.7 Å². The molecule has 3 N–H and O–H groups in total. The Morgan fingerprint density at radius 3 is 2.28 bits per heavy atom. The number of aliphatic hydroxyl groups is 1. The second-order valence-electron chi connectivity index (χ2n) is 12.0. The molecule has 2 amide bonds. The summed E-state index contributed by atoms with van der Waals surface area (Å²) in [6.07, 6.45) is 6.56. The minimum atomic E-state index is -0.509. The van der Waals surface area contributed by atoms with Crippen LogP contribution in [-0.4, -0.2) is 60.9 Å². The Bertz CT molecular complexity index is 1390. The van der Waals surface area contributed by atoms with E-state index in [0.717, 1.165) is 59.4 Å². The van der Waals surface area contributed by atoms with E-state index < -0.39 is 18.3 Å². The zero-order valence-electron chi connectivity index (χ0n) is 26.8. The van der Waals surface area contributed by atoms with Gasteiger partial charge in [-0.2, -0.15) is 0 Å². The summed E-state index contributed by atoms with van der Waals surface area (Å²) in [5.74, 6) is -0.473. The Balaban J connectivity index is 1.28. The summed E-state index contributed by atoms with van der Waals surface area (Å²) < 4.78 is 18.1. The van der Waals surface area contributed by atoms with Gasteiger partial charge in [0.05, 0.1) is 25.4 Å². The standard InChI is InChI=1S/C37H47N3O6/c1-2-44-35(42)24-39-37(43)38-23-31-10-6-7-11-33(31)28-16-18-30(19-17-28)36-45-32(25-40-20-8-4-3-5-9-21-40)22-34(46-36)29-14-12-27(26-41)13-15-29/h6-7,10-19,32,34,36,41H,2-5,8-9,20-26H2,1H3,(H2,38,39,43). The molecule has 0 radical (unpaired) electrons. The van der Waals surface area contributed by atoms with E-state index in [-0.39, 0.29) is 32.0 Å². The highest BCUT2D eigenvalue weighted by Crippen LogP contribution is 2.39. The van der Waals surface area contributed by atoms with Gasteiger partial charge in [0.1, 0.15) is 6.54 Å². The number of ether oxygens (including phenoxy) is 3. The number of likely N-dealkylation sites (tertiary alicyclic amines) is 1. The summed E-state index contributed by atoms with van der Waals surface area (Å²) in [5, 5.41) is 14.9. The van der Waals surface area contributed by atoms with Crippen LogP contribution in [0.25, 0.3) is 11.1 Å². The number of nitrogens with one attached hydrogen (secondary N) is 2. The molecule has 2 saturated heterocycles. The van der Waals surface area contributed by atoms with Gasteiger partial charge >= 0.3 is 12.0 Å². The van der Waals surface area contributed by atoms with Crippen LogP contribution < -0.4 is 10.6 Å². The van der Waals surface area contributed by atoms with Gasteiger partial charge in [-0.25, -0.2) is 4.79 Å². The predicted octanol–water partition coefficient (Wildman–Crippen LogP) is 6.02. The summed E-state index contributed by atoms with van der Waals surface area (Å²) in [5.41, 5.74) is 5.89. The number of amides is 2. The van der Waals surface area contributed by atoms with Crippen molar-refractivity contribution >= 4 is 12.0 Å². The van der Waals surface area contributed by atoms with E-state index in [1.807, 2.05) is 36.4 Å². The molecular weight excluding hydrogens is 582 g/mol. The number of hydrogen-bond donors (Lipinski definition) is 3. The number of esters is 1. The van der Waals surface area contributed by atoms with E-state index in [0.29, 0.717) is 6.54 Å². The maximum atomic E-state index is 12.3. The molecule has 0 aromatic heterocycles. The van der Waals surface area contributed by atoms with Crippen molar-refractivity contribution in [3.05, 3.63) is 95.1 Å². The van der Waals surface area contributed by atoms with Crippen LogP contribution in [0.1, 0.15) is 80.1 Å². The van der Waals surface area contributed by atoms with Crippen LogP contribution in [0.2, 0.25) is 0 Å². The first-order valence-electron chi connectivity index (χ1n) is 16.6. The fraction of sp³-hybridized carbons (Fsp3) is 0.459. The van der Waals surface area contributed by atoms with Crippen molar-refractivity contribution in [3.63, 3.8) is 0 Å². The first-order valence-corrected chi connectivity index (χ1v) is 16.6. The number of hydrogen-bond acceptors (Lipinski definition) is 7. The smallest absolute Gasteiger partial charge is 0.325 e. The van der Waals surface area contributed by atoms with E-state index in [4.69, 9.17) is 14.2 Å².